The molecule has 12 nitrogen and oxygen atoms in total. The van der Waals surface area contributed by atoms with Crippen LogP contribution in [-0.4, -0.2) is 88.4 Å². The highest BCUT2D eigenvalue weighted by atomic mass is 16.6. The molecule has 0 aromatic rings. The summed E-state index contributed by atoms with van der Waals surface area (Å²) in [5.74, 6) is -1.61. The van der Waals surface area contributed by atoms with Crippen LogP contribution in [0.15, 0.2) is 0 Å². The molecule has 0 aromatic heterocycles. The van der Waals surface area contributed by atoms with E-state index >= 15 is 0 Å². The molecule has 1 rings (SSSR count). The van der Waals surface area contributed by atoms with E-state index in [9.17, 15) is 29.7 Å². The van der Waals surface area contributed by atoms with Crippen molar-refractivity contribution in [1.82, 2.24) is 5.32 Å². The van der Waals surface area contributed by atoms with Crippen molar-refractivity contribution in [3.63, 3.8) is 0 Å². The average molecular weight is 420 g/mol. The summed E-state index contributed by atoms with van der Waals surface area (Å²) < 4.78 is 10.6. The highest BCUT2D eigenvalue weighted by Crippen LogP contribution is 2.23. The quantitative estimate of drug-likeness (QED) is 0.173. The van der Waals surface area contributed by atoms with Gasteiger partial charge in [0, 0.05) is 12.8 Å². The number of nitrogens with one attached hydrogen (secondary N) is 1. The number of primary amides is 1. The van der Waals surface area contributed by atoms with Crippen LogP contribution < -0.4 is 22.5 Å². The summed E-state index contributed by atoms with van der Waals surface area (Å²) in [6, 6.07) is -2.92. The van der Waals surface area contributed by atoms with Gasteiger partial charge in [0.1, 0.15) is 30.1 Å². The van der Waals surface area contributed by atoms with Gasteiger partial charge in [-0.2, -0.15) is 0 Å². The smallest absolute Gasteiger partial charge is 0.240 e. The number of nitrogens with two attached hydrogens (primary N) is 3. The topological polar surface area (TPSA) is 220 Å². The highest BCUT2D eigenvalue weighted by Gasteiger charge is 2.44. The van der Waals surface area contributed by atoms with Crippen LogP contribution in [0.1, 0.15) is 33.1 Å². The molecule has 0 aliphatic carbocycles. The molecule has 1 heterocycles. The number of hydrogen-bond acceptors (Lipinski definition) is 10. The summed E-state index contributed by atoms with van der Waals surface area (Å²) in [4.78, 5) is 35.3. The minimum atomic E-state index is -1.44. The maximum Gasteiger partial charge on any atom is 0.240 e. The molecule has 8 atom stereocenters. The molecule has 12 heteroatoms. The number of Topliss-reactive ketones (excluding diaryl/α,β-unsaturated/α-hetero) is 1. The van der Waals surface area contributed by atoms with Gasteiger partial charge in [-0.05, 0) is 20.3 Å². The first kappa shape index (κ1) is 25.4. The van der Waals surface area contributed by atoms with Crippen LogP contribution in [0.2, 0.25) is 0 Å². The van der Waals surface area contributed by atoms with Crippen LogP contribution in [-0.2, 0) is 23.9 Å². The van der Waals surface area contributed by atoms with Crippen molar-refractivity contribution in [2.45, 2.75) is 81.9 Å². The Kier molecular flexibility index (Phi) is 10.1. The zero-order valence-electron chi connectivity index (χ0n) is 16.6. The summed E-state index contributed by atoms with van der Waals surface area (Å²) in [6.45, 7) is 2.49. The van der Waals surface area contributed by atoms with Gasteiger partial charge in [-0.1, -0.05) is 0 Å². The van der Waals surface area contributed by atoms with Crippen molar-refractivity contribution in [3.05, 3.63) is 0 Å². The molecule has 168 valence electrons. The molecule has 29 heavy (non-hydrogen) atoms. The van der Waals surface area contributed by atoms with E-state index in [4.69, 9.17) is 26.7 Å². The zero-order chi connectivity index (χ0) is 22.3. The van der Waals surface area contributed by atoms with Crippen molar-refractivity contribution >= 4 is 17.6 Å². The molecule has 10 N–H and O–H groups in total. The number of carbonyl (C=O) groups is 3. The van der Waals surface area contributed by atoms with Crippen LogP contribution in [0.5, 0.6) is 0 Å². The molecule has 1 aliphatic rings. The van der Waals surface area contributed by atoms with Crippen LogP contribution >= 0.6 is 0 Å². The van der Waals surface area contributed by atoms with Crippen molar-refractivity contribution in [2.24, 2.45) is 17.2 Å². The second kappa shape index (κ2) is 11.5. The van der Waals surface area contributed by atoms with Crippen molar-refractivity contribution in [3.8, 4) is 0 Å². The van der Waals surface area contributed by atoms with Crippen molar-refractivity contribution < 1.29 is 39.2 Å². The van der Waals surface area contributed by atoms with Crippen LogP contribution in [0.4, 0.5) is 0 Å². The number of hydrogen-bond donors (Lipinski definition) is 7. The van der Waals surface area contributed by atoms with E-state index in [1.807, 2.05) is 0 Å². The largest absolute Gasteiger partial charge is 0.394 e. The minimum Gasteiger partial charge on any atom is -0.394 e. The van der Waals surface area contributed by atoms with Gasteiger partial charge in [-0.25, -0.2) is 0 Å². The Labute approximate surface area is 168 Å². The van der Waals surface area contributed by atoms with Crippen molar-refractivity contribution in [2.75, 3.05) is 6.61 Å². The van der Waals surface area contributed by atoms with E-state index in [0.29, 0.717) is 0 Å². The molecular weight excluding hydrogens is 388 g/mol. The standard InChI is InChI=1S/C17H32N4O8/c1-7(28-14-12(19)17(27)29-11(6-22)13(14)24)5-9(23)3-4-10(15(20)25)21-16(26)8(2)18/h7-8,10-14,17,22,24,27H,3-6,18-19H2,1-2H3,(H2,20,25)(H,21,26)/t7?,8-,10+,11+,12+,13+,14+,17-/m0/s1. The number of amides is 2. The normalized spacial score (nSPS) is 30.2. The van der Waals surface area contributed by atoms with Gasteiger partial charge in [-0.3, -0.25) is 14.4 Å². The lowest BCUT2D eigenvalue weighted by atomic mass is 9.97. The average Bonchev–Trinajstić information content (AvgIpc) is 2.64. The molecule has 1 saturated heterocycles. The molecule has 0 aromatic carbocycles. The molecule has 0 saturated carbocycles. The fraction of sp³-hybridized carbons (Fsp3) is 0.824. The first-order valence-electron chi connectivity index (χ1n) is 9.38. The molecule has 1 aliphatic heterocycles. The first-order chi connectivity index (χ1) is 13.5. The molecule has 0 radical (unpaired) electrons. The van der Waals surface area contributed by atoms with Gasteiger partial charge in [0.15, 0.2) is 6.29 Å². The van der Waals surface area contributed by atoms with Crippen molar-refractivity contribution in [1.29, 1.82) is 0 Å². The van der Waals surface area contributed by atoms with Gasteiger partial charge >= 0.3 is 0 Å². The third kappa shape index (κ3) is 7.59. The van der Waals surface area contributed by atoms with E-state index in [1.54, 1.807) is 6.92 Å². The number of aliphatic hydroxyl groups excluding tert-OH is 3. The molecular formula is C17H32N4O8. The van der Waals surface area contributed by atoms with E-state index in [0.717, 1.165) is 0 Å². The van der Waals surface area contributed by atoms with E-state index < -0.39 is 67.3 Å². The molecule has 0 spiro atoms. The Morgan fingerprint density at radius 1 is 1.24 bits per heavy atom. The van der Waals surface area contributed by atoms with Crippen LogP contribution in [0.3, 0.4) is 0 Å². The summed E-state index contributed by atoms with van der Waals surface area (Å²) in [6.07, 6.45) is -5.64. The number of aliphatic hydroxyl groups is 3. The molecule has 1 fully saturated rings. The number of rotatable bonds is 11. The fourth-order valence-corrected chi connectivity index (χ4v) is 2.91. The molecule has 2 amide bonds. The maximum atomic E-state index is 12.2. The predicted molar refractivity (Wildman–Crippen MR) is 99.9 cm³/mol. The van der Waals surface area contributed by atoms with Gasteiger partial charge in [0.2, 0.25) is 11.8 Å². The van der Waals surface area contributed by atoms with Crippen LogP contribution in [0.25, 0.3) is 0 Å². The summed E-state index contributed by atoms with van der Waals surface area (Å²) in [5, 5.41) is 31.5. The van der Waals surface area contributed by atoms with Gasteiger partial charge in [-0.15, -0.1) is 0 Å². The molecule has 0 bridgehead atoms. The summed E-state index contributed by atoms with van der Waals surface area (Å²) in [7, 11) is 0. The number of ketones is 1. The Bertz CT molecular complexity index is 576. The van der Waals surface area contributed by atoms with Crippen LogP contribution in [0, 0.1) is 0 Å². The summed E-state index contributed by atoms with van der Waals surface area (Å²) in [5.41, 5.74) is 16.4. The highest BCUT2D eigenvalue weighted by molar-refractivity contribution is 5.89. The first-order valence-corrected chi connectivity index (χ1v) is 9.38. The number of carbonyl (C=O) groups excluding carboxylic acids is 3. The predicted octanol–water partition coefficient (Wildman–Crippen LogP) is -3.79. The second-order valence-corrected chi connectivity index (χ2v) is 7.26. The fourth-order valence-electron chi connectivity index (χ4n) is 2.91. The second-order valence-electron chi connectivity index (χ2n) is 7.26. The van der Waals surface area contributed by atoms with Gasteiger partial charge < -0.3 is 47.3 Å². The summed E-state index contributed by atoms with van der Waals surface area (Å²) >= 11 is 0. The number of ether oxygens (including phenoxy) is 2. The van der Waals surface area contributed by atoms with Gasteiger partial charge in [0.25, 0.3) is 0 Å². The lowest BCUT2D eigenvalue weighted by molar-refractivity contribution is -0.262. The SMILES string of the molecule is CC(CC(=O)CC[C@@H](NC(=O)[C@H](C)N)C(N)=O)O[C@@H]1[C@@H](N)[C@@H](O)O[C@H](CO)[C@H]1O. The lowest BCUT2D eigenvalue weighted by Crippen LogP contribution is -2.63. The van der Waals surface area contributed by atoms with E-state index in [2.05, 4.69) is 5.32 Å². The Hall–Kier alpha value is -1.67. The van der Waals surface area contributed by atoms with E-state index in [1.165, 1.54) is 6.92 Å². The Balaban J connectivity index is 2.56. The zero-order valence-corrected chi connectivity index (χ0v) is 16.6. The van der Waals surface area contributed by atoms with Gasteiger partial charge in [0.05, 0.1) is 24.8 Å². The maximum absolute atomic E-state index is 12.2. The third-order valence-electron chi connectivity index (χ3n) is 4.61. The molecule has 1 unspecified atom stereocenters. The van der Waals surface area contributed by atoms with E-state index in [-0.39, 0.29) is 25.0 Å². The minimum absolute atomic E-state index is 0.00402. The third-order valence-corrected chi connectivity index (χ3v) is 4.61. The Morgan fingerprint density at radius 3 is 2.38 bits per heavy atom. The Morgan fingerprint density at radius 2 is 1.86 bits per heavy atom. The lowest BCUT2D eigenvalue weighted by Gasteiger charge is -2.41. The monoisotopic (exact) mass is 420 g/mol.